The van der Waals surface area contributed by atoms with Gasteiger partial charge in [0.05, 0.1) is 17.3 Å². The van der Waals surface area contributed by atoms with Gasteiger partial charge in [-0.05, 0) is 44.4 Å². The number of benzene rings is 1. The molecule has 126 valence electrons. The summed E-state index contributed by atoms with van der Waals surface area (Å²) in [7, 11) is 0. The van der Waals surface area contributed by atoms with Crippen LogP contribution in [-0.2, 0) is 4.79 Å². The van der Waals surface area contributed by atoms with Gasteiger partial charge < -0.3 is 10.0 Å². The molecule has 24 heavy (non-hydrogen) atoms. The van der Waals surface area contributed by atoms with E-state index in [2.05, 4.69) is 10.3 Å². The first-order valence-corrected chi connectivity index (χ1v) is 7.99. The van der Waals surface area contributed by atoms with Crippen LogP contribution in [0.4, 0.5) is 0 Å². The number of carbonyl (C=O) groups is 2. The fourth-order valence-corrected chi connectivity index (χ4v) is 3.04. The van der Waals surface area contributed by atoms with Gasteiger partial charge in [-0.25, -0.2) is 4.68 Å². The minimum absolute atomic E-state index is 0.227. The van der Waals surface area contributed by atoms with E-state index in [1.807, 2.05) is 31.2 Å². The number of carboxylic acids is 1. The van der Waals surface area contributed by atoms with E-state index in [9.17, 15) is 14.7 Å². The second kappa shape index (κ2) is 6.43. The smallest absolute Gasteiger partial charge is 0.308 e. The highest BCUT2D eigenvalue weighted by atomic mass is 16.4. The van der Waals surface area contributed by atoms with Gasteiger partial charge in [-0.3, -0.25) is 9.59 Å². The molecule has 7 heteroatoms. The molecule has 0 aliphatic carbocycles. The molecule has 1 fully saturated rings. The Morgan fingerprint density at radius 1 is 1.29 bits per heavy atom. The van der Waals surface area contributed by atoms with Crippen molar-refractivity contribution in [2.75, 3.05) is 13.1 Å². The zero-order valence-corrected chi connectivity index (χ0v) is 13.8. The van der Waals surface area contributed by atoms with Crippen molar-refractivity contribution >= 4 is 11.9 Å². The lowest BCUT2D eigenvalue weighted by atomic mass is 9.98. The number of aliphatic carboxylic acids is 1. The summed E-state index contributed by atoms with van der Waals surface area (Å²) in [6, 6.07) is 7.79. The lowest BCUT2D eigenvalue weighted by molar-refractivity contribution is -0.143. The number of aromatic nitrogens is 3. The van der Waals surface area contributed by atoms with Gasteiger partial charge in [0.15, 0.2) is 5.69 Å². The number of carboxylic acid groups (broad SMARTS) is 1. The van der Waals surface area contributed by atoms with E-state index in [1.54, 1.807) is 16.5 Å². The highest BCUT2D eigenvalue weighted by molar-refractivity contribution is 5.93. The summed E-state index contributed by atoms with van der Waals surface area (Å²) in [6.07, 6.45) is 1.29. The van der Waals surface area contributed by atoms with Crippen molar-refractivity contribution in [1.82, 2.24) is 19.9 Å². The van der Waals surface area contributed by atoms with Gasteiger partial charge >= 0.3 is 5.97 Å². The van der Waals surface area contributed by atoms with Crippen molar-refractivity contribution in [3.05, 3.63) is 41.2 Å². The molecule has 1 aliphatic rings. The van der Waals surface area contributed by atoms with Gasteiger partial charge in [0.1, 0.15) is 0 Å². The lowest BCUT2D eigenvalue weighted by Gasteiger charge is -2.30. The molecule has 1 aliphatic heterocycles. The molecule has 1 N–H and O–H groups in total. The highest BCUT2D eigenvalue weighted by Crippen LogP contribution is 2.20. The summed E-state index contributed by atoms with van der Waals surface area (Å²) >= 11 is 0. The minimum atomic E-state index is -0.854. The molecule has 0 bridgehead atoms. The summed E-state index contributed by atoms with van der Waals surface area (Å²) < 4.78 is 1.64. The van der Waals surface area contributed by atoms with Crippen LogP contribution < -0.4 is 0 Å². The lowest BCUT2D eigenvalue weighted by Crippen LogP contribution is -2.42. The third kappa shape index (κ3) is 3.02. The van der Waals surface area contributed by atoms with E-state index in [1.165, 1.54) is 0 Å². The van der Waals surface area contributed by atoms with E-state index in [0.717, 1.165) is 11.3 Å². The summed E-state index contributed by atoms with van der Waals surface area (Å²) in [5.74, 6) is -1.61. The molecular formula is C17H20N4O3. The molecule has 0 saturated carbocycles. The number of piperidine rings is 1. The van der Waals surface area contributed by atoms with Crippen molar-refractivity contribution in [3.63, 3.8) is 0 Å². The Hall–Kier alpha value is -2.70. The zero-order valence-electron chi connectivity index (χ0n) is 13.8. The van der Waals surface area contributed by atoms with Gasteiger partial charge in [0, 0.05) is 13.1 Å². The van der Waals surface area contributed by atoms with E-state index >= 15 is 0 Å². The number of hydrogen-bond donors (Lipinski definition) is 1. The van der Waals surface area contributed by atoms with Crippen LogP contribution in [0, 0.1) is 19.8 Å². The van der Waals surface area contributed by atoms with Gasteiger partial charge in [0.25, 0.3) is 5.91 Å². The molecule has 1 atom stereocenters. The molecule has 1 amide bonds. The fourth-order valence-electron chi connectivity index (χ4n) is 3.04. The van der Waals surface area contributed by atoms with Crippen LogP contribution in [0.1, 0.15) is 34.6 Å². The van der Waals surface area contributed by atoms with E-state index in [-0.39, 0.29) is 18.1 Å². The maximum Gasteiger partial charge on any atom is 0.308 e. The number of nitrogens with zero attached hydrogens (tertiary/aromatic N) is 4. The molecule has 2 aromatic rings. The van der Waals surface area contributed by atoms with Crippen LogP contribution >= 0.6 is 0 Å². The fraction of sp³-hybridized carbons (Fsp3) is 0.412. The summed E-state index contributed by atoms with van der Waals surface area (Å²) in [4.78, 5) is 25.5. The highest BCUT2D eigenvalue weighted by Gasteiger charge is 2.31. The monoisotopic (exact) mass is 328 g/mol. The van der Waals surface area contributed by atoms with Gasteiger partial charge in [-0.1, -0.05) is 17.3 Å². The normalized spacial score (nSPS) is 17.8. The topological polar surface area (TPSA) is 88.3 Å². The standard InChI is InChI=1S/C17H20N4O3/c1-11-5-3-7-14(9-11)21-12(2)15(18-19-21)16(22)20-8-4-6-13(10-20)17(23)24/h3,5,7,9,13H,4,6,8,10H2,1-2H3,(H,23,24). The summed E-state index contributed by atoms with van der Waals surface area (Å²) in [5.41, 5.74) is 2.88. The molecule has 1 aromatic carbocycles. The summed E-state index contributed by atoms with van der Waals surface area (Å²) in [6.45, 7) is 4.57. The van der Waals surface area contributed by atoms with Crippen molar-refractivity contribution in [2.24, 2.45) is 5.92 Å². The zero-order chi connectivity index (χ0) is 17.3. The largest absolute Gasteiger partial charge is 0.481 e. The van der Waals surface area contributed by atoms with Crippen LogP contribution in [0.5, 0.6) is 0 Å². The number of hydrogen-bond acceptors (Lipinski definition) is 4. The van der Waals surface area contributed by atoms with Crippen molar-refractivity contribution in [1.29, 1.82) is 0 Å². The Balaban J connectivity index is 1.85. The third-order valence-electron chi connectivity index (χ3n) is 4.40. The molecule has 2 heterocycles. The number of aryl methyl sites for hydroxylation is 1. The molecule has 0 radical (unpaired) electrons. The first-order chi connectivity index (χ1) is 11.5. The molecule has 7 nitrogen and oxygen atoms in total. The van der Waals surface area contributed by atoms with Crippen LogP contribution in [0.2, 0.25) is 0 Å². The average Bonchev–Trinajstić information content (AvgIpc) is 2.96. The Bertz CT molecular complexity index is 784. The van der Waals surface area contributed by atoms with Gasteiger partial charge in [-0.15, -0.1) is 5.10 Å². The van der Waals surface area contributed by atoms with Crippen LogP contribution in [0.25, 0.3) is 5.69 Å². The Labute approximate surface area is 139 Å². The number of amides is 1. The number of carbonyl (C=O) groups excluding carboxylic acids is 1. The second-order valence-electron chi connectivity index (χ2n) is 6.20. The van der Waals surface area contributed by atoms with Crippen molar-refractivity contribution in [2.45, 2.75) is 26.7 Å². The third-order valence-corrected chi connectivity index (χ3v) is 4.40. The number of likely N-dealkylation sites (tertiary alicyclic amines) is 1. The Morgan fingerprint density at radius 2 is 2.08 bits per heavy atom. The Morgan fingerprint density at radius 3 is 2.79 bits per heavy atom. The predicted octanol–water partition coefficient (Wildman–Crippen LogP) is 1.82. The summed E-state index contributed by atoms with van der Waals surface area (Å²) in [5, 5.41) is 17.3. The maximum absolute atomic E-state index is 12.7. The molecule has 1 aromatic heterocycles. The predicted molar refractivity (Wildman–Crippen MR) is 87.1 cm³/mol. The minimum Gasteiger partial charge on any atom is -0.481 e. The quantitative estimate of drug-likeness (QED) is 0.928. The first kappa shape index (κ1) is 16.2. The first-order valence-electron chi connectivity index (χ1n) is 7.99. The molecule has 0 spiro atoms. The average molecular weight is 328 g/mol. The molecule has 3 rings (SSSR count). The van der Waals surface area contributed by atoms with Crippen LogP contribution in [0.3, 0.4) is 0 Å². The van der Waals surface area contributed by atoms with E-state index < -0.39 is 11.9 Å². The van der Waals surface area contributed by atoms with Crippen molar-refractivity contribution in [3.8, 4) is 5.69 Å². The van der Waals surface area contributed by atoms with Crippen molar-refractivity contribution < 1.29 is 14.7 Å². The number of rotatable bonds is 3. The van der Waals surface area contributed by atoms with E-state index in [4.69, 9.17) is 0 Å². The molecule has 1 saturated heterocycles. The van der Waals surface area contributed by atoms with Gasteiger partial charge in [0.2, 0.25) is 0 Å². The maximum atomic E-state index is 12.7. The van der Waals surface area contributed by atoms with Crippen LogP contribution in [-0.4, -0.2) is 50.0 Å². The van der Waals surface area contributed by atoms with Gasteiger partial charge in [-0.2, -0.15) is 0 Å². The van der Waals surface area contributed by atoms with E-state index in [0.29, 0.717) is 25.1 Å². The second-order valence-corrected chi connectivity index (χ2v) is 6.20. The molecular weight excluding hydrogens is 308 g/mol. The molecule has 1 unspecified atom stereocenters. The van der Waals surface area contributed by atoms with Crippen LogP contribution in [0.15, 0.2) is 24.3 Å². The SMILES string of the molecule is Cc1cccc(-n2nnc(C(=O)N3CCCC(C(=O)O)C3)c2C)c1. The Kier molecular flexibility index (Phi) is 4.33.